The summed E-state index contributed by atoms with van der Waals surface area (Å²) >= 11 is 0. The zero-order valence-electron chi connectivity index (χ0n) is 10.3. The van der Waals surface area contributed by atoms with Crippen molar-refractivity contribution in [1.82, 2.24) is 0 Å². The fourth-order valence-corrected chi connectivity index (χ4v) is 2.58. The highest BCUT2D eigenvalue weighted by molar-refractivity contribution is 7.91. The van der Waals surface area contributed by atoms with E-state index in [-0.39, 0.29) is 29.3 Å². The van der Waals surface area contributed by atoms with Crippen molar-refractivity contribution in [3.63, 3.8) is 0 Å². The maximum absolute atomic E-state index is 11.6. The second-order valence-electron chi connectivity index (χ2n) is 4.05. The van der Waals surface area contributed by atoms with Gasteiger partial charge in [-0.25, -0.2) is 8.42 Å². The molecule has 0 heterocycles. The summed E-state index contributed by atoms with van der Waals surface area (Å²) in [6.07, 6.45) is 2.03. The maximum atomic E-state index is 11.6. The van der Waals surface area contributed by atoms with Crippen LogP contribution in [0.15, 0.2) is 29.2 Å². The van der Waals surface area contributed by atoms with Crippen LogP contribution in [-0.2, 0) is 25.8 Å². The predicted octanol–water partition coefficient (Wildman–Crippen LogP) is 0.454. The third-order valence-corrected chi connectivity index (χ3v) is 4.31. The van der Waals surface area contributed by atoms with E-state index in [0.29, 0.717) is 6.42 Å². The summed E-state index contributed by atoms with van der Waals surface area (Å²) in [5, 5.41) is 8.67. The van der Waals surface area contributed by atoms with Gasteiger partial charge in [-0.3, -0.25) is 9.59 Å². The fraction of sp³-hybridized carbons (Fsp3) is 0.385. The number of aliphatic hydroxyl groups is 1. The molecule has 0 fully saturated rings. The molecule has 0 unspecified atom stereocenters. The second kappa shape index (κ2) is 7.16. The fourth-order valence-electron chi connectivity index (χ4n) is 1.55. The Morgan fingerprint density at radius 1 is 1.21 bits per heavy atom. The predicted molar refractivity (Wildman–Crippen MR) is 69.2 cm³/mol. The van der Waals surface area contributed by atoms with Gasteiger partial charge in [-0.1, -0.05) is 12.1 Å². The number of sulfone groups is 1. The molecule has 103 valence electrons. The van der Waals surface area contributed by atoms with Gasteiger partial charge in [0.25, 0.3) is 0 Å². The van der Waals surface area contributed by atoms with Crippen molar-refractivity contribution in [2.24, 2.45) is 0 Å². The van der Waals surface area contributed by atoms with E-state index in [1.807, 2.05) is 0 Å². The van der Waals surface area contributed by atoms with Gasteiger partial charge in [0.2, 0.25) is 6.29 Å². The average Bonchev–Trinajstić information content (AvgIpc) is 2.37. The molecule has 1 rings (SSSR count). The SMILES string of the molecule is O=[C]CC(=O)CCc1ccc(S(=O)(=O)CCO)cc1. The summed E-state index contributed by atoms with van der Waals surface area (Å²) in [5.41, 5.74) is 0.821. The van der Waals surface area contributed by atoms with Crippen LogP contribution in [0, 0.1) is 0 Å². The number of carbonyl (C=O) groups is 1. The molecule has 0 bridgehead atoms. The standard InChI is InChI=1S/C13H15O5S/c14-8-7-12(16)4-1-11-2-5-13(6-3-11)19(17,18)10-9-15/h2-3,5-6,15H,1,4,7,9-10H2. The number of hydrogen-bond donors (Lipinski definition) is 1. The minimum atomic E-state index is -3.44. The van der Waals surface area contributed by atoms with Crippen LogP contribution in [0.2, 0.25) is 0 Å². The summed E-state index contributed by atoms with van der Waals surface area (Å²) in [7, 11) is -3.44. The highest BCUT2D eigenvalue weighted by atomic mass is 32.2. The van der Waals surface area contributed by atoms with Gasteiger partial charge in [0, 0.05) is 6.42 Å². The molecular formula is C13H15O5S. The Bertz CT molecular complexity index is 531. The smallest absolute Gasteiger partial charge is 0.206 e. The van der Waals surface area contributed by atoms with Crippen LogP contribution < -0.4 is 0 Å². The zero-order chi connectivity index (χ0) is 14.3. The molecule has 0 spiro atoms. The van der Waals surface area contributed by atoms with E-state index in [4.69, 9.17) is 5.11 Å². The topological polar surface area (TPSA) is 88.5 Å². The first kappa shape index (κ1) is 15.5. The maximum Gasteiger partial charge on any atom is 0.206 e. The van der Waals surface area contributed by atoms with E-state index < -0.39 is 16.4 Å². The molecule has 6 heteroatoms. The molecule has 5 nitrogen and oxygen atoms in total. The first-order valence-electron chi connectivity index (χ1n) is 5.79. The molecule has 1 aromatic carbocycles. The minimum Gasteiger partial charge on any atom is -0.395 e. The van der Waals surface area contributed by atoms with Crippen LogP contribution in [0.5, 0.6) is 0 Å². The van der Waals surface area contributed by atoms with Crippen molar-refractivity contribution >= 4 is 21.9 Å². The number of hydrogen-bond acceptors (Lipinski definition) is 5. The quantitative estimate of drug-likeness (QED) is 0.700. The van der Waals surface area contributed by atoms with Crippen LogP contribution in [0.1, 0.15) is 18.4 Å². The lowest BCUT2D eigenvalue weighted by atomic mass is 10.1. The molecule has 0 aliphatic rings. The summed E-state index contributed by atoms with van der Waals surface area (Å²) in [4.78, 5) is 21.3. The summed E-state index contributed by atoms with van der Waals surface area (Å²) in [6, 6.07) is 6.16. The molecule has 0 saturated carbocycles. The van der Waals surface area contributed by atoms with Gasteiger partial charge in [-0.2, -0.15) is 0 Å². The van der Waals surface area contributed by atoms with E-state index in [2.05, 4.69) is 0 Å². The van der Waals surface area contributed by atoms with Gasteiger partial charge in [0.15, 0.2) is 9.84 Å². The molecule has 1 N–H and O–H groups in total. The highest BCUT2D eigenvalue weighted by Gasteiger charge is 2.13. The number of rotatable bonds is 8. The largest absolute Gasteiger partial charge is 0.395 e. The molecule has 1 radical (unpaired) electrons. The van der Waals surface area contributed by atoms with E-state index in [1.165, 1.54) is 12.1 Å². The normalized spacial score (nSPS) is 11.2. The average molecular weight is 283 g/mol. The molecule has 0 aliphatic carbocycles. The molecule has 0 saturated heterocycles. The van der Waals surface area contributed by atoms with E-state index in [1.54, 1.807) is 18.4 Å². The van der Waals surface area contributed by atoms with Crippen LogP contribution in [0.25, 0.3) is 0 Å². The Morgan fingerprint density at radius 3 is 2.37 bits per heavy atom. The number of benzene rings is 1. The molecule has 0 aliphatic heterocycles. The van der Waals surface area contributed by atoms with Crippen LogP contribution in [0.4, 0.5) is 0 Å². The number of Topliss-reactive ketones (excluding diaryl/α,β-unsaturated/α-hetero) is 1. The van der Waals surface area contributed by atoms with Gasteiger partial charge in [0.05, 0.1) is 23.7 Å². The van der Waals surface area contributed by atoms with Gasteiger partial charge in [-0.15, -0.1) is 0 Å². The van der Waals surface area contributed by atoms with E-state index >= 15 is 0 Å². The molecule has 19 heavy (non-hydrogen) atoms. The first-order valence-corrected chi connectivity index (χ1v) is 7.44. The lowest BCUT2D eigenvalue weighted by molar-refractivity contribution is -0.117. The van der Waals surface area contributed by atoms with Crippen LogP contribution >= 0.6 is 0 Å². The Kier molecular flexibility index (Phi) is 5.85. The van der Waals surface area contributed by atoms with Gasteiger partial charge < -0.3 is 5.11 Å². The molecule has 0 atom stereocenters. The van der Waals surface area contributed by atoms with Gasteiger partial charge >= 0.3 is 0 Å². The Labute approximate surface area is 112 Å². The summed E-state index contributed by atoms with van der Waals surface area (Å²) < 4.78 is 23.3. The van der Waals surface area contributed by atoms with Crippen molar-refractivity contribution in [3.8, 4) is 0 Å². The van der Waals surface area contributed by atoms with Crippen LogP contribution in [-0.4, -0.2) is 38.0 Å². The van der Waals surface area contributed by atoms with Gasteiger partial charge in [0.1, 0.15) is 5.78 Å². The third-order valence-electron chi connectivity index (χ3n) is 2.60. The lowest BCUT2D eigenvalue weighted by Crippen LogP contribution is -2.10. The molecule has 1 aromatic rings. The second-order valence-corrected chi connectivity index (χ2v) is 6.16. The Morgan fingerprint density at radius 2 is 1.84 bits per heavy atom. The highest BCUT2D eigenvalue weighted by Crippen LogP contribution is 2.13. The Balaban J connectivity index is 2.67. The Hall–Kier alpha value is -1.53. The third kappa shape index (κ3) is 4.92. The molecule has 0 aromatic heterocycles. The number of ketones is 1. The number of carbonyl (C=O) groups excluding carboxylic acids is 2. The van der Waals surface area contributed by atoms with E-state index in [0.717, 1.165) is 5.56 Å². The number of aliphatic hydroxyl groups excluding tert-OH is 1. The van der Waals surface area contributed by atoms with Gasteiger partial charge in [-0.05, 0) is 24.1 Å². The lowest BCUT2D eigenvalue weighted by Gasteiger charge is -2.04. The van der Waals surface area contributed by atoms with Crippen molar-refractivity contribution in [2.75, 3.05) is 12.4 Å². The first-order chi connectivity index (χ1) is 8.99. The molecule has 0 amide bonds. The molecular weight excluding hydrogens is 268 g/mol. The summed E-state index contributed by atoms with van der Waals surface area (Å²) in [5.74, 6) is -0.494. The number of aryl methyl sites for hydroxylation is 1. The summed E-state index contributed by atoms with van der Waals surface area (Å²) in [6.45, 7) is -0.416. The van der Waals surface area contributed by atoms with Crippen molar-refractivity contribution in [3.05, 3.63) is 29.8 Å². The zero-order valence-corrected chi connectivity index (χ0v) is 11.1. The van der Waals surface area contributed by atoms with Crippen LogP contribution in [0.3, 0.4) is 0 Å². The van der Waals surface area contributed by atoms with Crippen molar-refractivity contribution < 1.29 is 23.1 Å². The minimum absolute atomic E-state index is 0.151. The van der Waals surface area contributed by atoms with E-state index in [9.17, 15) is 18.0 Å². The van der Waals surface area contributed by atoms with Crippen molar-refractivity contribution in [1.29, 1.82) is 0 Å². The monoisotopic (exact) mass is 283 g/mol. The van der Waals surface area contributed by atoms with Crippen molar-refractivity contribution in [2.45, 2.75) is 24.2 Å².